The van der Waals surface area contributed by atoms with Crippen LogP contribution >= 0.6 is 15.9 Å². The Morgan fingerprint density at radius 3 is 2.92 bits per heavy atom. The molecule has 13 heavy (non-hydrogen) atoms. The molecular formula is C9H13BrN2O. The first-order chi connectivity index (χ1) is 6.25. The van der Waals surface area contributed by atoms with Gasteiger partial charge in [-0.1, -0.05) is 13.3 Å². The summed E-state index contributed by atoms with van der Waals surface area (Å²) >= 11 is 3.33. The van der Waals surface area contributed by atoms with Crippen LogP contribution in [-0.2, 0) is 0 Å². The van der Waals surface area contributed by atoms with Gasteiger partial charge >= 0.3 is 0 Å². The van der Waals surface area contributed by atoms with Crippen LogP contribution in [0, 0.1) is 0 Å². The molecule has 2 N–H and O–H groups in total. The van der Waals surface area contributed by atoms with Crippen molar-refractivity contribution >= 4 is 21.6 Å². The Bertz CT molecular complexity index is 258. The number of anilines is 1. The van der Waals surface area contributed by atoms with Crippen LogP contribution in [0.3, 0.4) is 0 Å². The minimum absolute atomic E-state index is 0.575. The lowest BCUT2D eigenvalue weighted by molar-refractivity contribution is 0.309. The summed E-state index contributed by atoms with van der Waals surface area (Å²) in [6, 6.07) is 0. The maximum Gasteiger partial charge on any atom is 0.159 e. The smallest absolute Gasteiger partial charge is 0.159 e. The minimum atomic E-state index is 0.575. The van der Waals surface area contributed by atoms with Crippen LogP contribution in [0.25, 0.3) is 0 Å². The summed E-state index contributed by atoms with van der Waals surface area (Å²) in [5.41, 5.74) is 6.26. The number of rotatable bonds is 4. The number of nitrogen functional groups attached to an aromatic ring is 1. The van der Waals surface area contributed by atoms with Gasteiger partial charge in [-0.05, 0) is 22.4 Å². The second-order valence-electron chi connectivity index (χ2n) is 2.74. The van der Waals surface area contributed by atoms with Gasteiger partial charge in [0.05, 0.1) is 23.0 Å². The third-order valence-electron chi connectivity index (χ3n) is 1.62. The zero-order valence-electron chi connectivity index (χ0n) is 7.59. The fourth-order valence-electron chi connectivity index (χ4n) is 0.909. The summed E-state index contributed by atoms with van der Waals surface area (Å²) < 4.78 is 6.30. The highest BCUT2D eigenvalue weighted by Gasteiger charge is 2.04. The number of aromatic nitrogens is 1. The Labute approximate surface area is 86.4 Å². The summed E-state index contributed by atoms with van der Waals surface area (Å²) in [7, 11) is 0. The van der Waals surface area contributed by atoms with E-state index in [0.717, 1.165) is 17.3 Å². The number of nitrogens with zero attached hydrogens (tertiary/aromatic N) is 1. The predicted molar refractivity (Wildman–Crippen MR) is 56.8 cm³/mol. The molecule has 0 spiro atoms. The number of hydrogen-bond acceptors (Lipinski definition) is 3. The molecule has 4 heteroatoms. The second-order valence-corrected chi connectivity index (χ2v) is 3.60. The molecule has 0 saturated heterocycles. The molecule has 0 aromatic carbocycles. The lowest BCUT2D eigenvalue weighted by Gasteiger charge is -2.09. The van der Waals surface area contributed by atoms with Gasteiger partial charge in [-0.3, -0.25) is 4.98 Å². The van der Waals surface area contributed by atoms with Gasteiger partial charge in [0.15, 0.2) is 5.75 Å². The van der Waals surface area contributed by atoms with E-state index in [9.17, 15) is 0 Å². The van der Waals surface area contributed by atoms with E-state index in [-0.39, 0.29) is 0 Å². The average Bonchev–Trinajstić information content (AvgIpc) is 2.10. The molecule has 0 fully saturated rings. The molecule has 0 aliphatic rings. The predicted octanol–water partition coefficient (Wildman–Crippen LogP) is 2.61. The first-order valence-electron chi connectivity index (χ1n) is 4.27. The van der Waals surface area contributed by atoms with Crippen molar-refractivity contribution in [2.45, 2.75) is 19.8 Å². The number of ether oxygens (including phenoxy) is 1. The molecule has 72 valence electrons. The van der Waals surface area contributed by atoms with E-state index in [4.69, 9.17) is 10.5 Å². The van der Waals surface area contributed by atoms with E-state index < -0.39 is 0 Å². The number of unbranched alkanes of at least 4 members (excludes halogenated alkanes) is 1. The van der Waals surface area contributed by atoms with E-state index in [1.165, 1.54) is 0 Å². The van der Waals surface area contributed by atoms with Gasteiger partial charge < -0.3 is 10.5 Å². The Hall–Kier alpha value is -0.770. The molecule has 0 bridgehead atoms. The van der Waals surface area contributed by atoms with Crippen molar-refractivity contribution in [2.24, 2.45) is 0 Å². The quantitative estimate of drug-likeness (QED) is 0.829. The fourth-order valence-corrected chi connectivity index (χ4v) is 1.37. The first kappa shape index (κ1) is 10.3. The van der Waals surface area contributed by atoms with E-state index in [0.29, 0.717) is 18.0 Å². The fraction of sp³-hybridized carbons (Fsp3) is 0.444. The van der Waals surface area contributed by atoms with Crippen molar-refractivity contribution in [1.29, 1.82) is 0 Å². The summed E-state index contributed by atoms with van der Waals surface area (Å²) in [5.74, 6) is 0.698. The van der Waals surface area contributed by atoms with E-state index in [1.807, 2.05) is 0 Å². The van der Waals surface area contributed by atoms with E-state index >= 15 is 0 Å². The highest BCUT2D eigenvalue weighted by molar-refractivity contribution is 9.10. The number of nitrogens with two attached hydrogens (primary N) is 1. The molecule has 0 unspecified atom stereocenters. The van der Waals surface area contributed by atoms with Crippen molar-refractivity contribution < 1.29 is 4.74 Å². The summed E-state index contributed by atoms with van der Waals surface area (Å²) in [5, 5.41) is 0. The third-order valence-corrected chi connectivity index (χ3v) is 2.19. The lowest BCUT2D eigenvalue weighted by atomic mass is 10.3. The van der Waals surface area contributed by atoms with Crippen LogP contribution in [-0.4, -0.2) is 11.6 Å². The number of hydrogen-bond donors (Lipinski definition) is 1. The Morgan fingerprint density at radius 2 is 2.31 bits per heavy atom. The maximum atomic E-state index is 5.69. The molecule has 1 aromatic rings. The molecule has 1 rings (SSSR count). The summed E-state index contributed by atoms with van der Waals surface area (Å²) in [4.78, 5) is 3.92. The molecular weight excluding hydrogens is 232 g/mol. The largest absolute Gasteiger partial charge is 0.490 e. The van der Waals surface area contributed by atoms with Crippen LogP contribution in [0.5, 0.6) is 5.75 Å². The highest BCUT2D eigenvalue weighted by Crippen LogP contribution is 2.29. The molecule has 0 aliphatic heterocycles. The Balaban J connectivity index is 2.64. The molecule has 3 nitrogen and oxygen atoms in total. The van der Waals surface area contributed by atoms with Crippen LogP contribution in [0.1, 0.15) is 19.8 Å². The van der Waals surface area contributed by atoms with Crippen LogP contribution < -0.4 is 10.5 Å². The summed E-state index contributed by atoms with van der Waals surface area (Å²) in [6.07, 6.45) is 5.42. The molecule has 0 amide bonds. The minimum Gasteiger partial charge on any atom is -0.490 e. The zero-order chi connectivity index (χ0) is 9.68. The van der Waals surface area contributed by atoms with Crippen molar-refractivity contribution in [3.8, 4) is 5.75 Å². The second kappa shape index (κ2) is 5.07. The Kier molecular flexibility index (Phi) is 4.02. The molecule has 0 radical (unpaired) electrons. The van der Waals surface area contributed by atoms with Crippen molar-refractivity contribution in [2.75, 3.05) is 12.3 Å². The molecule has 0 saturated carbocycles. The van der Waals surface area contributed by atoms with Gasteiger partial charge in [-0.15, -0.1) is 0 Å². The standard InChI is InChI=1S/C9H13BrN2O/c1-2-3-4-13-9-7(10)5-12-6-8(9)11/h5-6H,2-4,11H2,1H3. The topological polar surface area (TPSA) is 48.1 Å². The van der Waals surface area contributed by atoms with Gasteiger partial charge in [0.2, 0.25) is 0 Å². The molecule has 0 aliphatic carbocycles. The number of halogens is 1. The Morgan fingerprint density at radius 1 is 1.54 bits per heavy atom. The van der Waals surface area contributed by atoms with Gasteiger partial charge in [0.1, 0.15) is 0 Å². The van der Waals surface area contributed by atoms with Gasteiger partial charge in [-0.2, -0.15) is 0 Å². The molecule has 1 heterocycles. The average molecular weight is 245 g/mol. The zero-order valence-corrected chi connectivity index (χ0v) is 9.17. The van der Waals surface area contributed by atoms with Gasteiger partial charge in [-0.25, -0.2) is 0 Å². The highest BCUT2D eigenvalue weighted by atomic mass is 79.9. The SMILES string of the molecule is CCCCOc1c(N)cncc1Br. The summed E-state index contributed by atoms with van der Waals surface area (Å²) in [6.45, 7) is 2.82. The normalized spacial score (nSPS) is 10.0. The van der Waals surface area contributed by atoms with Crippen LogP contribution in [0.2, 0.25) is 0 Å². The van der Waals surface area contributed by atoms with E-state index in [1.54, 1.807) is 12.4 Å². The van der Waals surface area contributed by atoms with Gasteiger partial charge in [0.25, 0.3) is 0 Å². The third kappa shape index (κ3) is 2.88. The lowest BCUT2D eigenvalue weighted by Crippen LogP contribution is -2.01. The van der Waals surface area contributed by atoms with Crippen LogP contribution in [0.4, 0.5) is 5.69 Å². The van der Waals surface area contributed by atoms with E-state index in [2.05, 4.69) is 27.8 Å². The molecule has 1 aromatic heterocycles. The van der Waals surface area contributed by atoms with Crippen LogP contribution in [0.15, 0.2) is 16.9 Å². The molecule has 0 atom stereocenters. The van der Waals surface area contributed by atoms with Gasteiger partial charge in [0, 0.05) is 6.20 Å². The monoisotopic (exact) mass is 244 g/mol. The van der Waals surface area contributed by atoms with Crippen molar-refractivity contribution in [3.05, 3.63) is 16.9 Å². The van der Waals surface area contributed by atoms with Crippen molar-refractivity contribution in [1.82, 2.24) is 4.98 Å². The van der Waals surface area contributed by atoms with Crippen molar-refractivity contribution in [3.63, 3.8) is 0 Å². The maximum absolute atomic E-state index is 5.69. The number of pyridine rings is 1. The first-order valence-corrected chi connectivity index (χ1v) is 5.06.